The first-order valence-electron chi connectivity index (χ1n) is 6.00. The highest BCUT2D eigenvalue weighted by atomic mass is 32.2. The second-order valence-corrected chi connectivity index (χ2v) is 5.61. The Kier molecular flexibility index (Phi) is 11.7. The summed E-state index contributed by atoms with van der Waals surface area (Å²) in [4.78, 5) is 4.43. The third-order valence-electron chi connectivity index (χ3n) is 2.25. The second-order valence-electron chi connectivity index (χ2n) is 3.97. The van der Waals surface area contributed by atoms with Crippen molar-refractivity contribution in [2.24, 2.45) is 0 Å². The molecule has 0 unspecified atom stereocenters. The van der Waals surface area contributed by atoms with E-state index in [1.807, 2.05) is 0 Å². The van der Waals surface area contributed by atoms with Gasteiger partial charge in [-0.25, -0.2) is 10.1 Å². The molecule has 0 aromatic rings. The van der Waals surface area contributed by atoms with E-state index in [9.17, 15) is 8.42 Å². The summed E-state index contributed by atoms with van der Waals surface area (Å²) < 4.78 is 25.9. The van der Waals surface area contributed by atoms with Crippen LogP contribution >= 0.6 is 0 Å². The predicted molar refractivity (Wildman–Crippen MR) is 63.9 cm³/mol. The molecule has 0 aromatic carbocycles. The van der Waals surface area contributed by atoms with Crippen molar-refractivity contribution in [1.29, 1.82) is 0 Å². The molecule has 0 atom stereocenters. The van der Waals surface area contributed by atoms with Crippen LogP contribution in [0.4, 0.5) is 0 Å². The molecule has 0 aliphatic carbocycles. The quantitative estimate of drug-likeness (QED) is 0.240. The Labute approximate surface area is 108 Å². The molecule has 7 nitrogen and oxygen atoms in total. The Balaban J connectivity index is 3.03. The first kappa shape index (κ1) is 17.8. The van der Waals surface area contributed by atoms with Crippen LogP contribution in [-0.2, 0) is 29.3 Å². The Morgan fingerprint density at radius 3 is 1.89 bits per heavy atom. The third-order valence-corrected chi connectivity index (χ3v) is 2.84. The minimum atomic E-state index is -3.29. The summed E-state index contributed by atoms with van der Waals surface area (Å²) in [5.41, 5.74) is 0. The molecule has 0 saturated carbocycles. The van der Waals surface area contributed by atoms with Gasteiger partial charge in [0.2, 0.25) is 0 Å². The van der Waals surface area contributed by atoms with E-state index in [0.717, 1.165) is 51.2 Å². The van der Waals surface area contributed by atoms with Gasteiger partial charge in [0.05, 0.1) is 19.5 Å². The molecule has 8 heteroatoms. The zero-order valence-corrected chi connectivity index (χ0v) is 11.5. The topological polar surface area (TPSA) is 91.3 Å². The molecule has 1 N–H and O–H groups in total. The molecular weight excluding hydrogens is 264 g/mol. The highest BCUT2D eigenvalue weighted by Crippen LogP contribution is 2.07. The van der Waals surface area contributed by atoms with Gasteiger partial charge in [0.15, 0.2) is 0 Å². The van der Waals surface area contributed by atoms with Gasteiger partial charge in [-0.2, -0.15) is 8.42 Å². The van der Waals surface area contributed by atoms with E-state index in [2.05, 4.69) is 19.1 Å². The van der Waals surface area contributed by atoms with Crippen LogP contribution in [-0.4, -0.2) is 33.1 Å². The van der Waals surface area contributed by atoms with Crippen LogP contribution in [0, 0.1) is 0 Å². The third kappa shape index (κ3) is 15.8. The monoisotopic (exact) mass is 286 g/mol. The van der Waals surface area contributed by atoms with E-state index in [-0.39, 0.29) is 6.61 Å². The van der Waals surface area contributed by atoms with Crippen LogP contribution in [0.15, 0.2) is 0 Å². The van der Waals surface area contributed by atoms with Gasteiger partial charge in [-0.15, -0.1) is 0 Å². The molecule has 0 aliphatic heterocycles. The van der Waals surface area contributed by atoms with E-state index in [4.69, 9.17) is 5.26 Å². The lowest BCUT2D eigenvalue weighted by Gasteiger charge is -2.02. The summed E-state index contributed by atoms with van der Waals surface area (Å²) >= 11 is 0. The standard InChI is InChI=1S/C10H22O7S/c1-18(12,13)15-10-8-6-4-2-3-5-7-9-14-17-16-11/h11H,2-10H2,1H3. The van der Waals surface area contributed by atoms with E-state index < -0.39 is 10.1 Å². The Bertz CT molecular complexity index is 265. The molecule has 0 amide bonds. The van der Waals surface area contributed by atoms with Crippen molar-refractivity contribution in [2.75, 3.05) is 19.5 Å². The molecule has 110 valence electrons. The summed E-state index contributed by atoms with van der Waals surface area (Å²) in [5, 5.41) is 14.9. The zero-order valence-electron chi connectivity index (χ0n) is 10.7. The normalized spacial score (nSPS) is 11.9. The average molecular weight is 286 g/mol. The van der Waals surface area contributed by atoms with Gasteiger partial charge >= 0.3 is 0 Å². The lowest BCUT2D eigenvalue weighted by Crippen LogP contribution is -2.03. The van der Waals surface area contributed by atoms with Crippen LogP contribution in [0.5, 0.6) is 0 Å². The molecule has 0 bridgehead atoms. The molecule has 0 saturated heterocycles. The molecule has 0 rings (SSSR count). The summed E-state index contributed by atoms with van der Waals surface area (Å²) in [6.45, 7) is 0.647. The number of rotatable bonds is 13. The van der Waals surface area contributed by atoms with E-state index in [0.29, 0.717) is 6.61 Å². The summed E-state index contributed by atoms with van der Waals surface area (Å²) in [6, 6.07) is 0. The second kappa shape index (κ2) is 11.8. The van der Waals surface area contributed by atoms with Gasteiger partial charge in [-0.1, -0.05) is 32.1 Å². The highest BCUT2D eigenvalue weighted by Gasteiger charge is 2.00. The van der Waals surface area contributed by atoms with E-state index in [1.165, 1.54) is 0 Å². The van der Waals surface area contributed by atoms with Gasteiger partial charge in [0.25, 0.3) is 10.1 Å². The summed E-state index contributed by atoms with van der Waals surface area (Å²) in [7, 11) is -3.29. The van der Waals surface area contributed by atoms with Gasteiger partial charge in [-0.05, 0) is 22.9 Å². The van der Waals surface area contributed by atoms with Crippen LogP contribution in [0.2, 0.25) is 0 Å². The van der Waals surface area contributed by atoms with Crippen molar-refractivity contribution < 1.29 is 32.8 Å². The average Bonchev–Trinajstić information content (AvgIpc) is 2.29. The first-order valence-corrected chi connectivity index (χ1v) is 7.82. The van der Waals surface area contributed by atoms with E-state index >= 15 is 0 Å². The zero-order chi connectivity index (χ0) is 13.7. The fourth-order valence-electron chi connectivity index (χ4n) is 1.41. The maximum absolute atomic E-state index is 10.6. The smallest absolute Gasteiger partial charge is 0.264 e. The van der Waals surface area contributed by atoms with Crippen molar-refractivity contribution in [3.63, 3.8) is 0 Å². The highest BCUT2D eigenvalue weighted by molar-refractivity contribution is 7.85. The summed E-state index contributed by atoms with van der Waals surface area (Å²) in [5.74, 6) is 0. The van der Waals surface area contributed by atoms with Crippen molar-refractivity contribution >= 4 is 10.1 Å². The number of unbranched alkanes of at least 4 members (excludes halogenated alkanes) is 6. The van der Waals surface area contributed by atoms with Crippen LogP contribution in [0.1, 0.15) is 44.9 Å². The van der Waals surface area contributed by atoms with Crippen LogP contribution in [0.3, 0.4) is 0 Å². The minimum absolute atomic E-state index is 0.269. The maximum Gasteiger partial charge on any atom is 0.264 e. The first-order chi connectivity index (χ1) is 8.56. The minimum Gasteiger partial charge on any atom is -0.270 e. The van der Waals surface area contributed by atoms with Crippen molar-refractivity contribution in [3.8, 4) is 0 Å². The van der Waals surface area contributed by atoms with Crippen molar-refractivity contribution in [3.05, 3.63) is 0 Å². The van der Waals surface area contributed by atoms with E-state index in [1.54, 1.807) is 0 Å². The van der Waals surface area contributed by atoms with Gasteiger partial charge in [0.1, 0.15) is 0 Å². The fourth-order valence-corrected chi connectivity index (χ4v) is 1.83. The van der Waals surface area contributed by atoms with Gasteiger partial charge in [0, 0.05) is 0 Å². The molecule has 0 radical (unpaired) electrons. The molecule has 0 aromatic heterocycles. The maximum atomic E-state index is 10.6. The SMILES string of the molecule is CS(=O)(=O)OCCCCCCCCCOOOO. The molecular formula is C10H22O7S. The molecule has 0 fully saturated rings. The number of hydrogen-bond donors (Lipinski definition) is 1. The lowest BCUT2D eigenvalue weighted by atomic mass is 10.1. The van der Waals surface area contributed by atoms with Crippen LogP contribution in [0.25, 0.3) is 0 Å². The lowest BCUT2D eigenvalue weighted by molar-refractivity contribution is -0.623. The largest absolute Gasteiger partial charge is 0.270 e. The predicted octanol–water partition coefficient (Wildman–Crippen LogP) is 2.05. The van der Waals surface area contributed by atoms with Gasteiger partial charge < -0.3 is 0 Å². The summed E-state index contributed by atoms with van der Waals surface area (Å²) in [6.07, 6.45) is 7.86. The molecule has 0 spiro atoms. The van der Waals surface area contributed by atoms with Crippen molar-refractivity contribution in [2.45, 2.75) is 44.9 Å². The van der Waals surface area contributed by atoms with Gasteiger partial charge in [-0.3, -0.25) is 4.18 Å². The molecule has 18 heavy (non-hydrogen) atoms. The van der Waals surface area contributed by atoms with Crippen molar-refractivity contribution in [1.82, 2.24) is 0 Å². The Morgan fingerprint density at radius 2 is 1.39 bits per heavy atom. The molecule has 0 aliphatic rings. The fraction of sp³-hybridized carbons (Fsp3) is 1.00. The Hall–Kier alpha value is -0.250. The molecule has 0 heterocycles. The Morgan fingerprint density at radius 1 is 0.889 bits per heavy atom. The van der Waals surface area contributed by atoms with Crippen LogP contribution < -0.4 is 0 Å². The number of hydrogen-bond acceptors (Lipinski definition) is 7.